The number of carbonyl (C=O) groups is 1. The number of methoxy groups -OCH3 is 2. The number of nitrogens with zero attached hydrogens (tertiary/aromatic N) is 4. The second-order valence-electron chi connectivity index (χ2n) is 8.98. The molecule has 1 aliphatic heterocycles. The molecule has 3 heterocycles. The average molecular weight is 528 g/mol. The summed E-state index contributed by atoms with van der Waals surface area (Å²) in [6.07, 6.45) is 5.83. The molecular formula is C26H27Cl2N5O3. The Hall–Kier alpha value is -3.36. The lowest BCUT2D eigenvalue weighted by Gasteiger charge is -2.29. The molecular weight excluding hydrogens is 501 g/mol. The molecule has 0 atom stereocenters. The van der Waals surface area contributed by atoms with Gasteiger partial charge in [0, 0.05) is 66.3 Å². The number of aryl methyl sites for hydroxylation is 1. The second-order valence-corrected chi connectivity index (χ2v) is 9.74. The van der Waals surface area contributed by atoms with Gasteiger partial charge >= 0.3 is 0 Å². The molecule has 10 heteroatoms. The number of carbonyl (C=O) groups excluding carboxylic acids is 1. The summed E-state index contributed by atoms with van der Waals surface area (Å²) >= 11 is 13.4. The lowest BCUT2D eigenvalue weighted by Crippen LogP contribution is -2.30. The Bertz CT molecular complexity index is 1370. The zero-order valence-electron chi connectivity index (χ0n) is 20.8. The molecule has 188 valence electrons. The quantitative estimate of drug-likeness (QED) is 0.392. The van der Waals surface area contributed by atoms with Crippen LogP contribution in [-0.4, -0.2) is 40.6 Å². The predicted molar refractivity (Wildman–Crippen MR) is 142 cm³/mol. The SMILES string of the molecule is C=CC(=O)Nc1cn(C)nc1Cc1cc2c(cn1)CC(C(C)(C)c1c(Cl)c(OC)cc(OC)c1Cl)=N2. The number of aromatic nitrogens is 3. The fourth-order valence-corrected chi connectivity index (χ4v) is 5.25. The van der Waals surface area contributed by atoms with E-state index in [1.54, 1.807) is 38.2 Å². The molecule has 0 aliphatic carbocycles. The van der Waals surface area contributed by atoms with Gasteiger partial charge in [0.05, 0.1) is 41.3 Å². The first-order valence-electron chi connectivity index (χ1n) is 11.2. The van der Waals surface area contributed by atoms with Crippen molar-refractivity contribution in [2.75, 3.05) is 19.5 Å². The number of aliphatic imine (C=N–C) groups is 1. The van der Waals surface area contributed by atoms with E-state index < -0.39 is 5.41 Å². The number of nitrogens with one attached hydrogen (secondary N) is 1. The first-order valence-corrected chi connectivity index (χ1v) is 12.0. The first-order chi connectivity index (χ1) is 17.1. The van der Waals surface area contributed by atoms with Gasteiger partial charge in [0.15, 0.2) is 0 Å². The molecule has 1 aromatic carbocycles. The first kappa shape index (κ1) is 25.7. The zero-order chi connectivity index (χ0) is 26.2. The second kappa shape index (κ2) is 9.95. The van der Waals surface area contributed by atoms with Crippen LogP contribution in [0, 0.1) is 0 Å². The largest absolute Gasteiger partial charge is 0.495 e. The number of hydrogen-bond acceptors (Lipinski definition) is 6. The van der Waals surface area contributed by atoms with Gasteiger partial charge in [-0.05, 0) is 12.1 Å². The van der Waals surface area contributed by atoms with Gasteiger partial charge in [-0.1, -0.05) is 43.6 Å². The molecule has 0 unspecified atom stereocenters. The molecule has 2 aromatic heterocycles. The van der Waals surface area contributed by atoms with Crippen LogP contribution >= 0.6 is 23.2 Å². The van der Waals surface area contributed by atoms with Crippen molar-refractivity contribution in [1.82, 2.24) is 14.8 Å². The Kier molecular flexibility index (Phi) is 7.11. The molecule has 36 heavy (non-hydrogen) atoms. The molecule has 0 spiro atoms. The summed E-state index contributed by atoms with van der Waals surface area (Å²) in [7, 11) is 4.90. The van der Waals surface area contributed by atoms with Crippen molar-refractivity contribution in [3.05, 3.63) is 69.7 Å². The van der Waals surface area contributed by atoms with Gasteiger partial charge in [-0.15, -0.1) is 0 Å². The van der Waals surface area contributed by atoms with Gasteiger partial charge < -0.3 is 14.8 Å². The van der Waals surface area contributed by atoms with Crippen LogP contribution in [0.25, 0.3) is 0 Å². The highest BCUT2D eigenvalue weighted by atomic mass is 35.5. The predicted octanol–water partition coefficient (Wildman–Crippen LogP) is 5.46. The van der Waals surface area contributed by atoms with Crippen molar-refractivity contribution in [1.29, 1.82) is 0 Å². The van der Waals surface area contributed by atoms with Crippen LogP contribution in [0.4, 0.5) is 11.4 Å². The van der Waals surface area contributed by atoms with E-state index in [1.165, 1.54) is 6.08 Å². The van der Waals surface area contributed by atoms with Crippen molar-refractivity contribution in [2.24, 2.45) is 12.0 Å². The van der Waals surface area contributed by atoms with E-state index in [2.05, 4.69) is 22.0 Å². The van der Waals surface area contributed by atoms with Crippen LogP contribution in [0.2, 0.25) is 10.0 Å². The molecule has 0 radical (unpaired) electrons. The number of rotatable bonds is 8. The van der Waals surface area contributed by atoms with Crippen LogP contribution in [0.1, 0.15) is 36.4 Å². The Balaban J connectivity index is 1.67. The maximum absolute atomic E-state index is 11.8. The Labute approximate surface area is 219 Å². The number of anilines is 1. The topological polar surface area (TPSA) is 90.6 Å². The average Bonchev–Trinajstić information content (AvgIpc) is 3.42. The number of pyridine rings is 1. The number of ether oxygens (including phenoxy) is 2. The van der Waals surface area contributed by atoms with Crippen molar-refractivity contribution in [3.8, 4) is 11.5 Å². The van der Waals surface area contributed by atoms with Crippen LogP contribution in [0.15, 0.2) is 42.2 Å². The van der Waals surface area contributed by atoms with Gasteiger partial charge in [0.1, 0.15) is 11.5 Å². The van der Waals surface area contributed by atoms with Gasteiger partial charge in [-0.2, -0.15) is 5.10 Å². The number of amides is 1. The molecule has 0 saturated carbocycles. The number of hydrogen-bond donors (Lipinski definition) is 1. The van der Waals surface area contributed by atoms with Crippen molar-refractivity contribution >= 4 is 46.2 Å². The summed E-state index contributed by atoms with van der Waals surface area (Å²) in [5.74, 6) is 0.667. The third-order valence-electron chi connectivity index (χ3n) is 6.25. The lowest BCUT2D eigenvalue weighted by atomic mass is 9.78. The fraction of sp³-hybridized carbons (Fsp3) is 0.308. The molecule has 1 aliphatic rings. The van der Waals surface area contributed by atoms with Gasteiger partial charge in [0.2, 0.25) is 5.91 Å². The summed E-state index contributed by atoms with van der Waals surface area (Å²) in [5, 5.41) is 8.11. The van der Waals surface area contributed by atoms with Crippen LogP contribution < -0.4 is 14.8 Å². The highest BCUT2D eigenvalue weighted by Gasteiger charge is 2.37. The normalized spacial score (nSPS) is 12.7. The third-order valence-corrected chi connectivity index (χ3v) is 7.00. The molecule has 1 amide bonds. The maximum atomic E-state index is 11.8. The van der Waals surface area contributed by atoms with E-state index in [4.69, 9.17) is 37.7 Å². The van der Waals surface area contributed by atoms with E-state index in [9.17, 15) is 4.79 Å². The van der Waals surface area contributed by atoms with E-state index in [-0.39, 0.29) is 5.91 Å². The van der Waals surface area contributed by atoms with Crippen molar-refractivity contribution < 1.29 is 14.3 Å². The van der Waals surface area contributed by atoms with Gasteiger partial charge in [0.25, 0.3) is 0 Å². The van der Waals surface area contributed by atoms with Crippen molar-refractivity contribution in [3.63, 3.8) is 0 Å². The maximum Gasteiger partial charge on any atom is 0.247 e. The minimum absolute atomic E-state index is 0.297. The summed E-state index contributed by atoms with van der Waals surface area (Å²) in [6.45, 7) is 7.56. The lowest BCUT2D eigenvalue weighted by molar-refractivity contribution is -0.111. The smallest absolute Gasteiger partial charge is 0.247 e. The minimum Gasteiger partial charge on any atom is -0.495 e. The molecule has 4 rings (SSSR count). The Morgan fingerprint density at radius 2 is 1.89 bits per heavy atom. The van der Waals surface area contributed by atoms with Crippen molar-refractivity contribution in [2.45, 2.75) is 32.1 Å². The van der Waals surface area contributed by atoms with E-state index in [0.717, 1.165) is 22.7 Å². The highest BCUT2D eigenvalue weighted by Crippen LogP contribution is 2.48. The summed E-state index contributed by atoms with van der Waals surface area (Å²) < 4.78 is 12.6. The molecule has 3 aromatic rings. The number of benzene rings is 1. The monoisotopic (exact) mass is 527 g/mol. The highest BCUT2D eigenvalue weighted by molar-refractivity contribution is 6.38. The fourth-order valence-electron chi connectivity index (χ4n) is 4.28. The van der Waals surface area contributed by atoms with E-state index in [0.29, 0.717) is 51.3 Å². The standard InChI is InChI=1S/C26H27Cl2N5O3/c1-7-22(34)31-18-13-33(4)32-17(18)10-15-9-16-14(12-29-15)8-21(30-16)26(2,3)23-24(27)19(35-5)11-20(36-6)25(23)28/h7,9,11-13H,1,8,10H2,2-6H3,(H,31,34). The molecule has 8 nitrogen and oxygen atoms in total. The summed E-state index contributed by atoms with van der Waals surface area (Å²) in [4.78, 5) is 21.4. The zero-order valence-corrected chi connectivity index (χ0v) is 22.3. The number of halogens is 2. The summed E-state index contributed by atoms with van der Waals surface area (Å²) in [5.41, 5.74) is 4.91. The summed E-state index contributed by atoms with van der Waals surface area (Å²) in [6, 6.07) is 3.62. The van der Waals surface area contributed by atoms with Crippen LogP contribution in [0.5, 0.6) is 11.5 Å². The van der Waals surface area contributed by atoms with Crippen LogP contribution in [-0.2, 0) is 30.1 Å². The molecule has 0 bridgehead atoms. The third kappa shape index (κ3) is 4.70. The van der Waals surface area contributed by atoms with E-state index >= 15 is 0 Å². The molecule has 0 saturated heterocycles. The Morgan fingerprint density at radius 1 is 1.22 bits per heavy atom. The van der Waals surface area contributed by atoms with Crippen LogP contribution in [0.3, 0.4) is 0 Å². The Morgan fingerprint density at radius 3 is 2.50 bits per heavy atom. The molecule has 0 fully saturated rings. The molecule has 1 N–H and O–H groups in total. The van der Waals surface area contributed by atoms with E-state index in [1.807, 2.05) is 26.1 Å². The van der Waals surface area contributed by atoms with Gasteiger partial charge in [-0.3, -0.25) is 19.5 Å². The van der Waals surface area contributed by atoms with Gasteiger partial charge in [-0.25, -0.2) is 0 Å². The number of fused-ring (bicyclic) bond motifs is 1. The minimum atomic E-state index is -0.613.